The number of rotatable bonds is 8. The van der Waals surface area contributed by atoms with Crippen molar-refractivity contribution in [3.8, 4) is 11.8 Å². The van der Waals surface area contributed by atoms with E-state index in [1.807, 2.05) is 11.0 Å². The average molecular weight is 573 g/mol. The van der Waals surface area contributed by atoms with E-state index in [0.717, 1.165) is 43.8 Å². The summed E-state index contributed by atoms with van der Waals surface area (Å²) in [7, 11) is -3.79. The van der Waals surface area contributed by atoms with Gasteiger partial charge in [-0.25, -0.2) is 13.4 Å². The van der Waals surface area contributed by atoms with Crippen molar-refractivity contribution in [2.24, 2.45) is 5.92 Å². The van der Waals surface area contributed by atoms with Gasteiger partial charge in [-0.05, 0) is 61.6 Å². The normalized spacial score (nSPS) is 14.6. The molecule has 0 radical (unpaired) electrons. The molecule has 2 heterocycles. The second kappa shape index (κ2) is 12.4. The van der Waals surface area contributed by atoms with E-state index in [4.69, 9.17) is 15.0 Å². The van der Waals surface area contributed by atoms with Crippen LogP contribution < -0.4 is 4.74 Å². The van der Waals surface area contributed by atoms with Crippen molar-refractivity contribution in [3.63, 3.8) is 0 Å². The van der Waals surface area contributed by atoms with Crippen molar-refractivity contribution >= 4 is 39.2 Å². The third-order valence-corrected chi connectivity index (χ3v) is 8.77. The molecule has 3 aromatic rings. The molecular weight excluding hydrogens is 536 g/mol. The fourth-order valence-electron chi connectivity index (χ4n) is 4.93. The Morgan fingerprint density at radius 2 is 1.82 bits per heavy atom. The first-order valence-electron chi connectivity index (χ1n) is 13.1. The third-order valence-electron chi connectivity index (χ3n) is 7.02. The minimum atomic E-state index is -3.79. The Bertz CT molecular complexity index is 1460. The lowest BCUT2D eigenvalue weighted by Crippen LogP contribution is -2.38. The zero-order valence-electron chi connectivity index (χ0n) is 23.0. The smallest absolute Gasteiger partial charge is 0.219 e. The number of nitriles is 1. The Labute approximate surface area is 237 Å². The first-order chi connectivity index (χ1) is 18.0. The van der Waals surface area contributed by atoms with Gasteiger partial charge in [-0.15, -0.1) is 12.4 Å². The van der Waals surface area contributed by atoms with Gasteiger partial charge in [0.25, 0.3) is 0 Å². The van der Waals surface area contributed by atoms with E-state index in [9.17, 15) is 13.2 Å². The van der Waals surface area contributed by atoms with Gasteiger partial charge in [0.05, 0.1) is 33.5 Å². The second-order valence-electron chi connectivity index (χ2n) is 11.0. The first-order valence-corrected chi connectivity index (χ1v) is 14.6. The molecule has 1 saturated heterocycles. The number of ether oxygens (including phenoxy) is 1. The van der Waals surface area contributed by atoms with Crippen molar-refractivity contribution in [1.29, 1.82) is 5.26 Å². The number of halogens is 1. The van der Waals surface area contributed by atoms with E-state index in [0.29, 0.717) is 36.6 Å². The van der Waals surface area contributed by atoms with Gasteiger partial charge in [-0.2, -0.15) is 5.26 Å². The summed E-state index contributed by atoms with van der Waals surface area (Å²) in [5.74, 6) is 1.92. The standard InChI is InChI=1S/C29H36N4O4S.ClH/c1-21(34)32-15-12-22(13-16-32)20-33-27-11-10-25(19-26(27)31-28(33)29(2,3)4)38(35,36)24-9-7-8-23(18-24)37-17-6-5-14-30;/h7-11,18-19,22H,5-6,12-13,15-17,20H2,1-4H3;1H. The zero-order valence-corrected chi connectivity index (χ0v) is 24.6. The van der Waals surface area contributed by atoms with Gasteiger partial charge in [0.2, 0.25) is 15.7 Å². The number of unbranched alkanes of at least 4 members (excludes halogenated alkanes) is 1. The molecule has 39 heavy (non-hydrogen) atoms. The number of sulfone groups is 1. The highest BCUT2D eigenvalue weighted by Gasteiger charge is 2.28. The van der Waals surface area contributed by atoms with Gasteiger partial charge in [0.15, 0.2) is 0 Å². The van der Waals surface area contributed by atoms with Crippen LogP contribution in [-0.4, -0.2) is 48.5 Å². The number of piperidine rings is 1. The van der Waals surface area contributed by atoms with E-state index in [2.05, 4.69) is 31.4 Å². The van der Waals surface area contributed by atoms with Crippen molar-refractivity contribution in [2.75, 3.05) is 19.7 Å². The van der Waals surface area contributed by atoms with Gasteiger partial charge >= 0.3 is 0 Å². The van der Waals surface area contributed by atoms with Gasteiger partial charge in [0, 0.05) is 38.4 Å². The lowest BCUT2D eigenvalue weighted by atomic mass is 9.93. The molecule has 0 saturated carbocycles. The summed E-state index contributed by atoms with van der Waals surface area (Å²) in [5.41, 5.74) is 1.34. The number of amides is 1. The maximum atomic E-state index is 13.5. The van der Waals surface area contributed by atoms with Crippen LogP contribution >= 0.6 is 12.4 Å². The van der Waals surface area contributed by atoms with E-state index in [1.54, 1.807) is 37.3 Å². The molecule has 210 valence electrons. The summed E-state index contributed by atoms with van der Waals surface area (Å²) in [6, 6.07) is 13.7. The van der Waals surface area contributed by atoms with Gasteiger partial charge in [-0.3, -0.25) is 4.79 Å². The summed E-state index contributed by atoms with van der Waals surface area (Å²) < 4.78 is 34.9. The molecule has 1 aliphatic heterocycles. The molecule has 4 rings (SSSR count). The molecule has 0 unspecified atom stereocenters. The Balaban J connectivity index is 0.00000420. The van der Waals surface area contributed by atoms with Crippen LogP contribution in [0, 0.1) is 17.2 Å². The van der Waals surface area contributed by atoms with Crippen LogP contribution in [0.3, 0.4) is 0 Å². The predicted octanol–water partition coefficient (Wildman–Crippen LogP) is 5.53. The zero-order chi connectivity index (χ0) is 27.5. The lowest BCUT2D eigenvalue weighted by Gasteiger charge is -2.32. The molecule has 1 aliphatic rings. The van der Waals surface area contributed by atoms with Crippen LogP contribution in [0.5, 0.6) is 5.75 Å². The predicted molar refractivity (Wildman–Crippen MR) is 153 cm³/mol. The molecule has 1 aromatic heterocycles. The molecule has 0 atom stereocenters. The SMILES string of the molecule is CC(=O)N1CCC(Cn2c(C(C)(C)C)nc3cc(S(=O)(=O)c4cccc(OCCCC#N)c4)ccc32)CC1.Cl. The van der Waals surface area contributed by atoms with E-state index < -0.39 is 9.84 Å². The minimum absolute atomic E-state index is 0. The largest absolute Gasteiger partial charge is 0.494 e. The molecule has 8 nitrogen and oxygen atoms in total. The number of hydrogen-bond acceptors (Lipinski definition) is 6. The molecule has 0 N–H and O–H groups in total. The molecule has 10 heteroatoms. The van der Waals surface area contributed by atoms with E-state index >= 15 is 0 Å². The third kappa shape index (κ3) is 6.92. The number of benzene rings is 2. The monoisotopic (exact) mass is 572 g/mol. The highest BCUT2D eigenvalue weighted by Crippen LogP contribution is 2.32. The number of fused-ring (bicyclic) bond motifs is 1. The number of aromatic nitrogens is 2. The van der Waals surface area contributed by atoms with E-state index in [1.165, 1.54) is 6.07 Å². The summed E-state index contributed by atoms with van der Waals surface area (Å²) in [6.07, 6.45) is 2.84. The molecule has 0 spiro atoms. The average Bonchev–Trinajstić information content (AvgIpc) is 3.25. The Morgan fingerprint density at radius 3 is 2.46 bits per heavy atom. The molecule has 0 bridgehead atoms. The number of nitrogens with zero attached hydrogens (tertiary/aromatic N) is 4. The Kier molecular flexibility index (Phi) is 9.68. The van der Waals surface area contributed by atoms with Crippen molar-refractivity contribution in [3.05, 3.63) is 48.3 Å². The van der Waals surface area contributed by atoms with Crippen LogP contribution in [0.15, 0.2) is 52.3 Å². The van der Waals surface area contributed by atoms with Crippen LogP contribution in [0.1, 0.15) is 59.2 Å². The Hall–Kier alpha value is -3.09. The number of imidazole rings is 1. The Morgan fingerprint density at radius 1 is 1.13 bits per heavy atom. The van der Waals surface area contributed by atoms with Crippen LogP contribution in [0.25, 0.3) is 11.0 Å². The quantitative estimate of drug-likeness (QED) is 0.329. The molecular formula is C29H37ClN4O4S. The maximum absolute atomic E-state index is 13.5. The molecule has 1 fully saturated rings. The lowest BCUT2D eigenvalue weighted by molar-refractivity contribution is -0.130. The van der Waals surface area contributed by atoms with Crippen molar-refractivity contribution in [2.45, 2.75) is 75.1 Å². The highest BCUT2D eigenvalue weighted by atomic mass is 35.5. The van der Waals surface area contributed by atoms with Crippen LogP contribution in [0.2, 0.25) is 0 Å². The number of carbonyl (C=O) groups is 1. The molecule has 0 aliphatic carbocycles. The van der Waals surface area contributed by atoms with Gasteiger partial charge in [0.1, 0.15) is 11.6 Å². The molecule has 1 amide bonds. The van der Waals surface area contributed by atoms with Gasteiger partial charge in [-0.1, -0.05) is 26.8 Å². The number of carbonyl (C=O) groups excluding carboxylic acids is 1. The van der Waals surface area contributed by atoms with E-state index in [-0.39, 0.29) is 33.5 Å². The number of hydrogen-bond donors (Lipinski definition) is 0. The fourth-order valence-corrected chi connectivity index (χ4v) is 6.25. The van der Waals surface area contributed by atoms with Crippen molar-refractivity contribution in [1.82, 2.24) is 14.5 Å². The highest BCUT2D eigenvalue weighted by molar-refractivity contribution is 7.91. The fraction of sp³-hybridized carbons (Fsp3) is 0.483. The summed E-state index contributed by atoms with van der Waals surface area (Å²) in [6.45, 7) is 10.6. The van der Waals surface area contributed by atoms with Crippen LogP contribution in [-0.2, 0) is 26.6 Å². The van der Waals surface area contributed by atoms with Crippen LogP contribution in [0.4, 0.5) is 0 Å². The topological polar surface area (TPSA) is 105 Å². The molecule has 2 aromatic carbocycles. The number of likely N-dealkylation sites (tertiary alicyclic amines) is 1. The van der Waals surface area contributed by atoms with Crippen molar-refractivity contribution < 1.29 is 17.9 Å². The minimum Gasteiger partial charge on any atom is -0.494 e. The second-order valence-corrected chi connectivity index (χ2v) is 12.9. The maximum Gasteiger partial charge on any atom is 0.219 e. The summed E-state index contributed by atoms with van der Waals surface area (Å²) in [5, 5.41) is 8.68. The van der Waals surface area contributed by atoms with Gasteiger partial charge < -0.3 is 14.2 Å². The first kappa shape index (κ1) is 30.5. The summed E-state index contributed by atoms with van der Waals surface area (Å²) in [4.78, 5) is 18.9. The summed E-state index contributed by atoms with van der Waals surface area (Å²) >= 11 is 0.